The summed E-state index contributed by atoms with van der Waals surface area (Å²) in [5.74, 6) is 0.749. The lowest BCUT2D eigenvalue weighted by Crippen LogP contribution is -2.13. The summed E-state index contributed by atoms with van der Waals surface area (Å²) in [6, 6.07) is 11.2. The second-order valence-corrected chi connectivity index (χ2v) is 4.85. The molecule has 1 N–H and O–H groups in total. The van der Waals surface area contributed by atoms with Crippen LogP contribution in [0.3, 0.4) is 0 Å². The molecule has 0 radical (unpaired) electrons. The van der Waals surface area contributed by atoms with E-state index in [1.54, 1.807) is 12.3 Å². The van der Waals surface area contributed by atoms with Gasteiger partial charge in [0.2, 0.25) is 0 Å². The highest BCUT2D eigenvalue weighted by Gasteiger charge is 2.08. The van der Waals surface area contributed by atoms with Crippen LogP contribution in [0.2, 0.25) is 5.02 Å². The van der Waals surface area contributed by atoms with Gasteiger partial charge in [-0.1, -0.05) is 24.6 Å². The molecule has 0 bridgehead atoms. The number of halogens is 1. The summed E-state index contributed by atoms with van der Waals surface area (Å²) < 4.78 is 5.84. The Labute approximate surface area is 129 Å². The first-order valence-electron chi connectivity index (χ1n) is 6.70. The smallest absolute Gasteiger partial charge is 0.140 e. The number of ether oxygens (including phenoxy) is 1. The van der Waals surface area contributed by atoms with Crippen LogP contribution in [-0.4, -0.2) is 11.5 Å². The van der Waals surface area contributed by atoms with Gasteiger partial charge in [0.05, 0.1) is 0 Å². The molecule has 1 aromatic carbocycles. The molecular weight excluding hydrogens is 286 g/mol. The zero-order valence-corrected chi connectivity index (χ0v) is 12.5. The van der Waals surface area contributed by atoms with Gasteiger partial charge in [0.25, 0.3) is 0 Å². The summed E-state index contributed by atoms with van der Waals surface area (Å²) in [5.41, 5.74) is 2.22. The van der Waals surface area contributed by atoms with E-state index in [4.69, 9.17) is 21.6 Å². The van der Waals surface area contributed by atoms with Gasteiger partial charge in [0, 0.05) is 23.3 Å². The third kappa shape index (κ3) is 4.19. The van der Waals surface area contributed by atoms with Gasteiger partial charge in [0.1, 0.15) is 24.1 Å². The van der Waals surface area contributed by atoms with E-state index in [0.717, 1.165) is 23.4 Å². The molecule has 1 aromatic heterocycles. The maximum absolute atomic E-state index is 8.85. The summed E-state index contributed by atoms with van der Waals surface area (Å²) in [6.07, 6.45) is 1.61. The van der Waals surface area contributed by atoms with Crippen LogP contribution in [0.15, 0.2) is 36.5 Å². The SMILES string of the molecule is CCNCc1c(Cl)cccc1OCc1ccnc(C#N)c1. The molecule has 5 heteroatoms. The number of nitriles is 1. The summed E-state index contributed by atoms with van der Waals surface area (Å²) >= 11 is 6.22. The van der Waals surface area contributed by atoms with Crippen LogP contribution in [0.25, 0.3) is 0 Å². The fourth-order valence-electron chi connectivity index (χ4n) is 1.88. The maximum atomic E-state index is 8.85. The summed E-state index contributed by atoms with van der Waals surface area (Å²) in [5, 5.41) is 12.8. The predicted octanol–water partition coefficient (Wildman–Crippen LogP) is 3.30. The molecule has 0 fully saturated rings. The monoisotopic (exact) mass is 301 g/mol. The second-order valence-electron chi connectivity index (χ2n) is 4.45. The minimum absolute atomic E-state index is 0.372. The molecule has 21 heavy (non-hydrogen) atoms. The predicted molar refractivity (Wildman–Crippen MR) is 82.1 cm³/mol. The Bertz CT molecular complexity index is 652. The quantitative estimate of drug-likeness (QED) is 0.889. The number of hydrogen-bond acceptors (Lipinski definition) is 4. The van der Waals surface area contributed by atoms with Crippen molar-refractivity contribution in [2.75, 3.05) is 6.54 Å². The van der Waals surface area contributed by atoms with E-state index in [1.165, 1.54) is 0 Å². The number of rotatable bonds is 6. The van der Waals surface area contributed by atoms with Crippen LogP contribution in [-0.2, 0) is 13.2 Å². The molecule has 0 atom stereocenters. The van der Waals surface area contributed by atoms with Crippen molar-refractivity contribution in [2.45, 2.75) is 20.1 Å². The fourth-order valence-corrected chi connectivity index (χ4v) is 2.11. The minimum Gasteiger partial charge on any atom is -0.489 e. The summed E-state index contributed by atoms with van der Waals surface area (Å²) in [4.78, 5) is 3.94. The molecule has 0 amide bonds. The van der Waals surface area contributed by atoms with E-state index < -0.39 is 0 Å². The van der Waals surface area contributed by atoms with E-state index in [2.05, 4.69) is 10.3 Å². The van der Waals surface area contributed by atoms with Crippen LogP contribution in [0.4, 0.5) is 0 Å². The normalized spacial score (nSPS) is 10.1. The zero-order chi connectivity index (χ0) is 15.1. The van der Waals surface area contributed by atoms with E-state index >= 15 is 0 Å². The maximum Gasteiger partial charge on any atom is 0.140 e. The molecule has 4 nitrogen and oxygen atoms in total. The molecule has 0 saturated heterocycles. The third-order valence-corrected chi connectivity index (χ3v) is 3.31. The van der Waals surface area contributed by atoms with Gasteiger partial charge in [-0.05, 0) is 36.4 Å². The molecule has 0 unspecified atom stereocenters. The molecule has 0 aliphatic heterocycles. The number of aromatic nitrogens is 1. The van der Waals surface area contributed by atoms with Gasteiger partial charge in [-0.3, -0.25) is 0 Å². The van der Waals surface area contributed by atoms with E-state index in [0.29, 0.717) is 23.9 Å². The summed E-state index contributed by atoms with van der Waals surface area (Å²) in [6.45, 7) is 3.93. The topological polar surface area (TPSA) is 57.9 Å². The van der Waals surface area contributed by atoms with Crippen LogP contribution in [0.5, 0.6) is 5.75 Å². The van der Waals surface area contributed by atoms with Crippen LogP contribution < -0.4 is 10.1 Å². The summed E-state index contributed by atoms with van der Waals surface area (Å²) in [7, 11) is 0. The minimum atomic E-state index is 0.372. The van der Waals surface area contributed by atoms with Crippen molar-refractivity contribution in [1.29, 1.82) is 5.26 Å². The van der Waals surface area contributed by atoms with Crippen molar-refractivity contribution < 1.29 is 4.74 Å². The van der Waals surface area contributed by atoms with Crippen molar-refractivity contribution in [2.24, 2.45) is 0 Å². The van der Waals surface area contributed by atoms with Crippen LogP contribution in [0.1, 0.15) is 23.7 Å². The number of nitrogens with one attached hydrogen (secondary N) is 1. The Morgan fingerprint density at radius 2 is 2.24 bits per heavy atom. The molecule has 108 valence electrons. The van der Waals surface area contributed by atoms with Gasteiger partial charge in [-0.2, -0.15) is 5.26 Å². The van der Waals surface area contributed by atoms with E-state index in [9.17, 15) is 0 Å². The van der Waals surface area contributed by atoms with Gasteiger partial charge in [0.15, 0.2) is 0 Å². The van der Waals surface area contributed by atoms with E-state index in [1.807, 2.05) is 37.3 Å². The number of nitrogens with zero attached hydrogens (tertiary/aromatic N) is 2. The molecule has 0 spiro atoms. The largest absolute Gasteiger partial charge is 0.489 e. The Morgan fingerprint density at radius 3 is 3.00 bits per heavy atom. The van der Waals surface area contributed by atoms with E-state index in [-0.39, 0.29) is 0 Å². The zero-order valence-electron chi connectivity index (χ0n) is 11.8. The average molecular weight is 302 g/mol. The molecule has 0 aliphatic carbocycles. The Hall–Kier alpha value is -2.09. The van der Waals surface area contributed by atoms with Crippen LogP contribution in [0, 0.1) is 11.3 Å². The molecular formula is C16H16ClN3O. The van der Waals surface area contributed by atoms with Gasteiger partial charge in [-0.15, -0.1) is 0 Å². The molecule has 2 aromatic rings. The van der Waals surface area contributed by atoms with Crippen molar-refractivity contribution in [3.63, 3.8) is 0 Å². The second kappa shape index (κ2) is 7.63. The number of benzene rings is 1. The first kappa shape index (κ1) is 15.3. The molecule has 2 rings (SSSR count). The van der Waals surface area contributed by atoms with Crippen molar-refractivity contribution in [3.8, 4) is 11.8 Å². The van der Waals surface area contributed by atoms with Gasteiger partial charge in [-0.25, -0.2) is 4.98 Å². The third-order valence-electron chi connectivity index (χ3n) is 2.96. The molecule has 0 saturated carbocycles. The fraction of sp³-hybridized carbons (Fsp3) is 0.250. The van der Waals surface area contributed by atoms with Crippen molar-refractivity contribution >= 4 is 11.6 Å². The standard InChI is InChI=1S/C16H16ClN3O/c1-2-19-10-14-15(17)4-3-5-16(14)21-11-12-6-7-20-13(8-12)9-18/h3-8,19H,2,10-11H2,1H3. The first-order chi connectivity index (χ1) is 10.2. The Kier molecular flexibility index (Phi) is 5.56. The average Bonchev–Trinajstić information content (AvgIpc) is 2.52. The first-order valence-corrected chi connectivity index (χ1v) is 7.08. The highest BCUT2D eigenvalue weighted by Crippen LogP contribution is 2.27. The lowest BCUT2D eigenvalue weighted by molar-refractivity contribution is 0.302. The Morgan fingerprint density at radius 1 is 1.38 bits per heavy atom. The van der Waals surface area contributed by atoms with Gasteiger partial charge >= 0.3 is 0 Å². The molecule has 0 aliphatic rings. The van der Waals surface area contributed by atoms with Crippen LogP contribution >= 0.6 is 11.6 Å². The van der Waals surface area contributed by atoms with Gasteiger partial charge < -0.3 is 10.1 Å². The lowest BCUT2D eigenvalue weighted by atomic mass is 10.2. The van der Waals surface area contributed by atoms with Crippen molar-refractivity contribution in [3.05, 3.63) is 58.4 Å². The Balaban J connectivity index is 2.12. The van der Waals surface area contributed by atoms with Crippen molar-refractivity contribution in [1.82, 2.24) is 10.3 Å². The number of pyridine rings is 1. The number of hydrogen-bond donors (Lipinski definition) is 1. The molecule has 1 heterocycles. The lowest BCUT2D eigenvalue weighted by Gasteiger charge is -2.13. The highest BCUT2D eigenvalue weighted by molar-refractivity contribution is 6.31. The highest BCUT2D eigenvalue weighted by atomic mass is 35.5.